The molecular formula is C14H22N2O. The molecule has 0 aliphatic carbocycles. The molecule has 3 nitrogen and oxygen atoms in total. The van der Waals surface area contributed by atoms with E-state index in [9.17, 15) is 4.79 Å². The van der Waals surface area contributed by atoms with Crippen LogP contribution in [0.25, 0.3) is 0 Å². The lowest BCUT2D eigenvalue weighted by atomic mass is 10.0. The van der Waals surface area contributed by atoms with Gasteiger partial charge in [0.05, 0.1) is 6.04 Å². The van der Waals surface area contributed by atoms with Crippen molar-refractivity contribution in [3.63, 3.8) is 0 Å². The minimum atomic E-state index is -0.434. The zero-order valence-electron chi connectivity index (χ0n) is 11.1. The van der Waals surface area contributed by atoms with Crippen molar-refractivity contribution in [3.05, 3.63) is 29.3 Å². The molecule has 0 bridgehead atoms. The highest BCUT2D eigenvalue weighted by molar-refractivity contribution is 5.94. The van der Waals surface area contributed by atoms with Crippen LogP contribution in [-0.2, 0) is 4.79 Å². The second kappa shape index (κ2) is 5.82. The summed E-state index contributed by atoms with van der Waals surface area (Å²) in [5.74, 6) is 0.317. The molecule has 0 aliphatic heterocycles. The van der Waals surface area contributed by atoms with Gasteiger partial charge in [-0.3, -0.25) is 4.79 Å². The summed E-state index contributed by atoms with van der Waals surface area (Å²) in [6.07, 6.45) is 0.705. The minimum absolute atomic E-state index is 0.109. The lowest BCUT2D eigenvalue weighted by Crippen LogP contribution is -2.36. The first-order valence-electron chi connectivity index (χ1n) is 6.04. The van der Waals surface area contributed by atoms with E-state index in [-0.39, 0.29) is 5.91 Å². The highest BCUT2D eigenvalue weighted by Crippen LogP contribution is 2.14. The summed E-state index contributed by atoms with van der Waals surface area (Å²) in [6.45, 7) is 8.19. The lowest BCUT2D eigenvalue weighted by molar-refractivity contribution is -0.117. The van der Waals surface area contributed by atoms with Crippen LogP contribution in [0.1, 0.15) is 31.4 Å². The number of hydrogen-bond acceptors (Lipinski definition) is 2. The Morgan fingerprint density at radius 3 is 2.47 bits per heavy atom. The van der Waals surface area contributed by atoms with Crippen molar-refractivity contribution >= 4 is 11.6 Å². The van der Waals surface area contributed by atoms with Crippen molar-refractivity contribution in [3.8, 4) is 0 Å². The minimum Gasteiger partial charge on any atom is -0.325 e. The normalized spacial score (nSPS) is 12.6. The highest BCUT2D eigenvalue weighted by Gasteiger charge is 2.14. The maximum atomic E-state index is 11.8. The van der Waals surface area contributed by atoms with Crippen LogP contribution in [0, 0.1) is 19.8 Å². The summed E-state index contributed by atoms with van der Waals surface area (Å²) in [5, 5.41) is 2.85. The molecule has 3 heteroatoms. The number of anilines is 1. The summed E-state index contributed by atoms with van der Waals surface area (Å²) in [4.78, 5) is 11.8. The van der Waals surface area contributed by atoms with Gasteiger partial charge >= 0.3 is 0 Å². The predicted octanol–water partition coefficient (Wildman–Crippen LogP) is 2.62. The largest absolute Gasteiger partial charge is 0.325 e. The predicted molar refractivity (Wildman–Crippen MR) is 72.0 cm³/mol. The van der Waals surface area contributed by atoms with Crippen molar-refractivity contribution in [1.29, 1.82) is 0 Å². The van der Waals surface area contributed by atoms with Gasteiger partial charge in [-0.15, -0.1) is 0 Å². The molecule has 3 N–H and O–H groups in total. The Hall–Kier alpha value is -1.35. The molecule has 0 spiro atoms. The Morgan fingerprint density at radius 1 is 1.29 bits per heavy atom. The van der Waals surface area contributed by atoms with Crippen LogP contribution in [0.15, 0.2) is 18.2 Å². The topological polar surface area (TPSA) is 55.1 Å². The van der Waals surface area contributed by atoms with Crippen molar-refractivity contribution in [2.24, 2.45) is 11.7 Å². The third kappa shape index (κ3) is 4.19. The number of rotatable bonds is 4. The molecule has 1 rings (SSSR count). The van der Waals surface area contributed by atoms with Crippen molar-refractivity contribution in [1.82, 2.24) is 0 Å². The van der Waals surface area contributed by atoms with Gasteiger partial charge in [0.1, 0.15) is 0 Å². The summed E-state index contributed by atoms with van der Waals surface area (Å²) >= 11 is 0. The molecule has 1 amide bonds. The van der Waals surface area contributed by atoms with Crippen LogP contribution >= 0.6 is 0 Å². The maximum absolute atomic E-state index is 11.8. The molecule has 0 aliphatic rings. The molecule has 0 heterocycles. The van der Waals surface area contributed by atoms with E-state index in [2.05, 4.69) is 19.2 Å². The second-order valence-corrected chi connectivity index (χ2v) is 5.02. The van der Waals surface area contributed by atoms with E-state index < -0.39 is 6.04 Å². The van der Waals surface area contributed by atoms with Crippen LogP contribution in [0.5, 0.6) is 0 Å². The van der Waals surface area contributed by atoms with E-state index in [1.54, 1.807) is 0 Å². The van der Waals surface area contributed by atoms with Gasteiger partial charge in [-0.1, -0.05) is 19.9 Å². The van der Waals surface area contributed by atoms with Gasteiger partial charge in [0.2, 0.25) is 5.91 Å². The fourth-order valence-electron chi connectivity index (χ4n) is 1.67. The SMILES string of the molecule is Cc1ccc(NC(=O)[C@H](N)CC(C)C)cc1C. The van der Waals surface area contributed by atoms with Gasteiger partial charge in [-0.2, -0.15) is 0 Å². The van der Waals surface area contributed by atoms with Crippen LogP contribution in [0.4, 0.5) is 5.69 Å². The fraction of sp³-hybridized carbons (Fsp3) is 0.500. The monoisotopic (exact) mass is 234 g/mol. The molecule has 1 atom stereocenters. The Bertz CT molecular complexity index is 399. The van der Waals surface area contributed by atoms with Crippen molar-refractivity contribution < 1.29 is 4.79 Å². The van der Waals surface area contributed by atoms with Gasteiger partial charge < -0.3 is 11.1 Å². The average molecular weight is 234 g/mol. The number of amides is 1. The van der Waals surface area contributed by atoms with Crippen LogP contribution in [0.2, 0.25) is 0 Å². The van der Waals surface area contributed by atoms with E-state index in [0.29, 0.717) is 12.3 Å². The number of aryl methyl sites for hydroxylation is 2. The molecule has 94 valence electrons. The number of nitrogens with one attached hydrogen (secondary N) is 1. The van der Waals surface area contributed by atoms with Crippen LogP contribution in [0.3, 0.4) is 0 Å². The zero-order chi connectivity index (χ0) is 13.0. The summed E-state index contributed by atoms with van der Waals surface area (Å²) < 4.78 is 0. The van der Waals surface area contributed by atoms with E-state index in [1.807, 2.05) is 32.0 Å². The highest BCUT2D eigenvalue weighted by atomic mass is 16.2. The molecule has 1 aromatic rings. The summed E-state index contributed by atoms with van der Waals surface area (Å²) in [6, 6.07) is 5.44. The smallest absolute Gasteiger partial charge is 0.241 e. The van der Waals surface area contributed by atoms with Crippen molar-refractivity contribution in [2.45, 2.75) is 40.2 Å². The second-order valence-electron chi connectivity index (χ2n) is 5.02. The standard InChI is InChI=1S/C14H22N2O/c1-9(2)7-13(15)14(17)16-12-6-5-10(3)11(4)8-12/h5-6,8-9,13H,7,15H2,1-4H3,(H,16,17)/t13-/m1/s1. The number of hydrogen-bond donors (Lipinski definition) is 2. The number of nitrogens with two attached hydrogens (primary N) is 1. The Kier molecular flexibility index (Phi) is 4.70. The van der Waals surface area contributed by atoms with Gasteiger partial charge in [0.25, 0.3) is 0 Å². The first-order chi connectivity index (χ1) is 7.90. The van der Waals surface area contributed by atoms with E-state index >= 15 is 0 Å². The number of benzene rings is 1. The quantitative estimate of drug-likeness (QED) is 0.841. The molecule has 0 aromatic heterocycles. The Morgan fingerprint density at radius 2 is 1.94 bits per heavy atom. The van der Waals surface area contributed by atoms with E-state index in [4.69, 9.17) is 5.73 Å². The molecule has 0 saturated heterocycles. The molecule has 0 unspecified atom stereocenters. The van der Waals surface area contributed by atoms with E-state index in [1.165, 1.54) is 11.1 Å². The third-order valence-electron chi connectivity index (χ3n) is 2.84. The van der Waals surface area contributed by atoms with Gasteiger partial charge in [0.15, 0.2) is 0 Å². The van der Waals surface area contributed by atoms with Gasteiger partial charge in [-0.05, 0) is 49.4 Å². The molecule has 1 aromatic carbocycles. The molecule has 17 heavy (non-hydrogen) atoms. The van der Waals surface area contributed by atoms with E-state index in [0.717, 1.165) is 5.69 Å². The third-order valence-corrected chi connectivity index (χ3v) is 2.84. The summed E-state index contributed by atoms with van der Waals surface area (Å²) in [7, 11) is 0. The number of carbonyl (C=O) groups is 1. The first kappa shape index (κ1) is 13.7. The maximum Gasteiger partial charge on any atom is 0.241 e. The number of carbonyl (C=O) groups excluding carboxylic acids is 1. The zero-order valence-corrected chi connectivity index (χ0v) is 11.1. The Labute approximate surface area is 103 Å². The molecule has 0 radical (unpaired) electrons. The van der Waals surface area contributed by atoms with Crippen LogP contribution < -0.4 is 11.1 Å². The van der Waals surface area contributed by atoms with Gasteiger partial charge in [0, 0.05) is 5.69 Å². The molecule has 0 fully saturated rings. The Balaban J connectivity index is 2.64. The average Bonchev–Trinajstić information content (AvgIpc) is 2.22. The summed E-state index contributed by atoms with van der Waals surface area (Å²) in [5.41, 5.74) is 9.02. The fourth-order valence-corrected chi connectivity index (χ4v) is 1.67. The molecule has 0 saturated carbocycles. The molecular weight excluding hydrogens is 212 g/mol. The van der Waals surface area contributed by atoms with Crippen LogP contribution in [-0.4, -0.2) is 11.9 Å². The lowest BCUT2D eigenvalue weighted by Gasteiger charge is -2.14. The van der Waals surface area contributed by atoms with Gasteiger partial charge in [-0.25, -0.2) is 0 Å². The van der Waals surface area contributed by atoms with Crippen molar-refractivity contribution in [2.75, 3.05) is 5.32 Å². The first-order valence-corrected chi connectivity index (χ1v) is 6.04.